The zero-order chi connectivity index (χ0) is 18.8. The third-order valence-corrected chi connectivity index (χ3v) is 4.70. The molecule has 0 spiro atoms. The van der Waals surface area contributed by atoms with Crippen molar-refractivity contribution in [2.75, 3.05) is 13.7 Å². The highest BCUT2D eigenvalue weighted by molar-refractivity contribution is 8.18. The molecule has 1 aromatic heterocycles. The number of aryl methyl sites for hydroxylation is 1. The van der Waals surface area contributed by atoms with E-state index in [2.05, 4.69) is 9.84 Å². The van der Waals surface area contributed by atoms with Crippen molar-refractivity contribution in [1.82, 2.24) is 14.7 Å². The van der Waals surface area contributed by atoms with Crippen LogP contribution in [-0.2, 0) is 14.3 Å². The molecule has 0 bridgehead atoms. The highest BCUT2D eigenvalue weighted by Crippen LogP contribution is 2.32. The third-order valence-electron chi connectivity index (χ3n) is 3.80. The predicted molar refractivity (Wildman–Crippen MR) is 95.8 cm³/mol. The Morgan fingerprint density at radius 2 is 1.92 bits per heavy atom. The first kappa shape index (κ1) is 17.7. The summed E-state index contributed by atoms with van der Waals surface area (Å²) in [6, 6.07) is 8.98. The molecule has 134 valence electrons. The van der Waals surface area contributed by atoms with E-state index in [-0.39, 0.29) is 16.0 Å². The maximum Gasteiger partial charge on any atom is 0.325 e. The van der Waals surface area contributed by atoms with Crippen LogP contribution in [0.5, 0.6) is 0 Å². The standard InChI is InChI=1S/C17H15N3O5S/c1-10-12(15(22)20(18-10)11-6-4-3-5-7-11)8-13-16(23)19(17(24)26-13)9-14(21)25-2/h3-8,18H,9H2,1-2H3/b13-8-. The van der Waals surface area contributed by atoms with Gasteiger partial charge in [0.1, 0.15) is 6.54 Å². The zero-order valence-corrected chi connectivity index (χ0v) is 14.8. The Morgan fingerprint density at radius 1 is 1.23 bits per heavy atom. The lowest BCUT2D eigenvalue weighted by atomic mass is 10.2. The quantitative estimate of drug-likeness (QED) is 0.646. The van der Waals surface area contributed by atoms with Crippen LogP contribution in [0.25, 0.3) is 11.8 Å². The molecule has 2 amide bonds. The first-order chi connectivity index (χ1) is 12.4. The number of aromatic amines is 1. The summed E-state index contributed by atoms with van der Waals surface area (Å²) in [7, 11) is 1.17. The molecule has 1 saturated heterocycles. The van der Waals surface area contributed by atoms with E-state index in [1.807, 2.05) is 6.07 Å². The molecule has 1 aliphatic heterocycles. The molecule has 3 rings (SSSR count). The van der Waals surface area contributed by atoms with Crippen LogP contribution in [-0.4, -0.2) is 45.5 Å². The third kappa shape index (κ3) is 3.21. The van der Waals surface area contributed by atoms with Crippen molar-refractivity contribution in [2.45, 2.75) is 6.92 Å². The molecule has 8 nitrogen and oxygen atoms in total. The number of thioether (sulfide) groups is 1. The highest BCUT2D eigenvalue weighted by Gasteiger charge is 2.37. The Hall–Kier alpha value is -3.07. The number of para-hydroxylation sites is 1. The van der Waals surface area contributed by atoms with Gasteiger partial charge in [-0.15, -0.1) is 0 Å². The van der Waals surface area contributed by atoms with Crippen molar-refractivity contribution in [3.8, 4) is 5.69 Å². The van der Waals surface area contributed by atoms with Crippen molar-refractivity contribution in [2.24, 2.45) is 0 Å². The molecule has 0 atom stereocenters. The van der Waals surface area contributed by atoms with Gasteiger partial charge in [-0.2, -0.15) is 0 Å². The molecule has 0 saturated carbocycles. The van der Waals surface area contributed by atoms with Crippen molar-refractivity contribution < 1.29 is 19.1 Å². The van der Waals surface area contributed by atoms with Crippen molar-refractivity contribution in [1.29, 1.82) is 0 Å². The number of rotatable bonds is 4. The number of aromatic nitrogens is 2. The number of amides is 2. The highest BCUT2D eigenvalue weighted by atomic mass is 32.2. The molecular weight excluding hydrogens is 358 g/mol. The molecular formula is C17H15N3O5S. The summed E-state index contributed by atoms with van der Waals surface area (Å²) in [6.07, 6.45) is 1.37. The van der Waals surface area contributed by atoms with E-state index in [0.717, 1.165) is 4.90 Å². The molecule has 0 aliphatic carbocycles. The second-order valence-electron chi connectivity index (χ2n) is 5.47. The van der Waals surface area contributed by atoms with E-state index in [0.29, 0.717) is 23.1 Å². The van der Waals surface area contributed by atoms with Crippen LogP contribution in [0.15, 0.2) is 40.0 Å². The lowest BCUT2D eigenvalue weighted by molar-refractivity contribution is -0.143. The van der Waals surface area contributed by atoms with Crippen LogP contribution >= 0.6 is 11.8 Å². The number of benzene rings is 1. The molecule has 9 heteroatoms. The van der Waals surface area contributed by atoms with Gasteiger partial charge in [0, 0.05) is 5.69 Å². The smallest absolute Gasteiger partial charge is 0.325 e. The number of ether oxygens (including phenoxy) is 1. The number of hydrogen-bond acceptors (Lipinski definition) is 6. The molecule has 1 aromatic carbocycles. The Balaban J connectivity index is 1.95. The Morgan fingerprint density at radius 3 is 2.58 bits per heavy atom. The summed E-state index contributed by atoms with van der Waals surface area (Å²) in [4.78, 5) is 49.2. The van der Waals surface area contributed by atoms with Crippen LogP contribution < -0.4 is 5.56 Å². The van der Waals surface area contributed by atoms with E-state index < -0.39 is 23.7 Å². The van der Waals surface area contributed by atoms with Gasteiger partial charge < -0.3 is 4.74 Å². The summed E-state index contributed by atoms with van der Waals surface area (Å²) < 4.78 is 5.84. The monoisotopic (exact) mass is 373 g/mol. The number of methoxy groups -OCH3 is 1. The summed E-state index contributed by atoms with van der Waals surface area (Å²) >= 11 is 0.680. The lowest BCUT2D eigenvalue weighted by Gasteiger charge is -2.09. The largest absolute Gasteiger partial charge is 0.468 e. The van der Waals surface area contributed by atoms with E-state index in [4.69, 9.17) is 0 Å². The van der Waals surface area contributed by atoms with Gasteiger partial charge in [-0.1, -0.05) is 18.2 Å². The van der Waals surface area contributed by atoms with E-state index >= 15 is 0 Å². The van der Waals surface area contributed by atoms with Gasteiger partial charge in [0.2, 0.25) is 0 Å². The molecule has 0 unspecified atom stereocenters. The maximum atomic E-state index is 12.7. The number of imide groups is 1. The Labute approximate surface area is 152 Å². The van der Waals surface area contributed by atoms with E-state index in [1.165, 1.54) is 17.9 Å². The number of nitrogens with one attached hydrogen (secondary N) is 1. The Bertz CT molecular complexity index is 974. The minimum absolute atomic E-state index is 0.0818. The molecule has 2 heterocycles. The second-order valence-corrected chi connectivity index (χ2v) is 6.46. The van der Waals surface area contributed by atoms with Gasteiger partial charge in [0.05, 0.1) is 23.3 Å². The molecule has 1 aliphatic rings. The van der Waals surface area contributed by atoms with E-state index in [1.54, 1.807) is 31.2 Å². The fraction of sp³-hybridized carbons (Fsp3) is 0.176. The number of esters is 1. The van der Waals surface area contributed by atoms with Gasteiger partial charge in [0.25, 0.3) is 16.7 Å². The molecule has 1 fully saturated rings. The summed E-state index contributed by atoms with van der Waals surface area (Å²) in [5, 5.41) is 2.37. The normalized spacial score (nSPS) is 15.8. The SMILES string of the molecule is COC(=O)CN1C(=O)S/C(=C\c2c(C)[nH]n(-c3ccccc3)c2=O)C1=O. The van der Waals surface area contributed by atoms with Gasteiger partial charge in [-0.3, -0.25) is 29.2 Å². The van der Waals surface area contributed by atoms with Gasteiger partial charge in [-0.25, -0.2) is 4.68 Å². The Kier molecular flexibility index (Phi) is 4.81. The van der Waals surface area contributed by atoms with Crippen LogP contribution in [0.1, 0.15) is 11.3 Å². The average Bonchev–Trinajstić information content (AvgIpc) is 3.07. The fourth-order valence-electron chi connectivity index (χ4n) is 2.45. The molecule has 1 N–H and O–H groups in total. The predicted octanol–water partition coefficient (Wildman–Crippen LogP) is 1.68. The number of carbonyl (C=O) groups is 3. The van der Waals surface area contributed by atoms with Gasteiger partial charge >= 0.3 is 5.97 Å². The molecule has 2 aromatic rings. The average molecular weight is 373 g/mol. The van der Waals surface area contributed by atoms with Crippen LogP contribution in [0.2, 0.25) is 0 Å². The summed E-state index contributed by atoms with van der Waals surface area (Å²) in [5.41, 5.74) is 1.14. The van der Waals surface area contributed by atoms with Crippen molar-refractivity contribution in [3.63, 3.8) is 0 Å². The first-order valence-electron chi connectivity index (χ1n) is 7.61. The van der Waals surface area contributed by atoms with Crippen LogP contribution in [0, 0.1) is 6.92 Å². The van der Waals surface area contributed by atoms with Gasteiger partial charge in [0.15, 0.2) is 0 Å². The maximum absolute atomic E-state index is 12.7. The number of hydrogen-bond donors (Lipinski definition) is 1. The minimum atomic E-state index is -0.696. The summed E-state index contributed by atoms with van der Waals surface area (Å²) in [6.45, 7) is 1.24. The number of nitrogens with zero attached hydrogens (tertiary/aromatic N) is 2. The number of H-pyrrole nitrogens is 1. The molecule has 0 radical (unpaired) electrons. The molecule has 26 heavy (non-hydrogen) atoms. The van der Waals surface area contributed by atoms with Crippen molar-refractivity contribution in [3.05, 3.63) is 56.8 Å². The van der Waals surface area contributed by atoms with Crippen molar-refractivity contribution >= 4 is 35.0 Å². The van der Waals surface area contributed by atoms with Crippen LogP contribution in [0.4, 0.5) is 4.79 Å². The lowest BCUT2D eigenvalue weighted by Crippen LogP contribution is -2.34. The topological polar surface area (TPSA) is 101 Å². The van der Waals surface area contributed by atoms with Gasteiger partial charge in [-0.05, 0) is 36.9 Å². The zero-order valence-electron chi connectivity index (χ0n) is 14.0. The van der Waals surface area contributed by atoms with Crippen LogP contribution in [0.3, 0.4) is 0 Å². The minimum Gasteiger partial charge on any atom is -0.468 e. The number of carbonyl (C=O) groups excluding carboxylic acids is 3. The second kappa shape index (κ2) is 7.04. The first-order valence-corrected chi connectivity index (χ1v) is 8.43. The summed E-state index contributed by atoms with van der Waals surface area (Å²) in [5.74, 6) is -1.32. The fourth-order valence-corrected chi connectivity index (χ4v) is 3.27. The van der Waals surface area contributed by atoms with E-state index in [9.17, 15) is 19.2 Å².